The minimum atomic E-state index is -0.663. The monoisotopic (exact) mass is 703 g/mol. The number of nitrogens with one attached hydrogen (secondary N) is 1. The van der Waals surface area contributed by atoms with Crippen molar-refractivity contribution in [2.24, 2.45) is 5.92 Å². The van der Waals surface area contributed by atoms with Crippen molar-refractivity contribution >= 4 is 22.4 Å². The number of anilines is 2. The maximum atomic E-state index is 16.1. The Morgan fingerprint density at radius 1 is 0.940 bits per heavy atom. The molecule has 282 valence electrons. The SMILES string of the molecule is CC.CC.CC.CC1CCCCCCOC1.COc1nc2c3c(nc(-c4cc(N)c(F)c(C5CC5)c4C)c(F)c3n1)OC(C)CN(C)CCN2. The van der Waals surface area contributed by atoms with Crippen LogP contribution in [0.15, 0.2) is 6.07 Å². The van der Waals surface area contributed by atoms with E-state index in [2.05, 4.69) is 32.1 Å². The molecule has 9 nitrogen and oxygen atoms in total. The van der Waals surface area contributed by atoms with Crippen molar-refractivity contribution in [1.82, 2.24) is 19.9 Å². The third-order valence-electron chi connectivity index (χ3n) is 8.56. The van der Waals surface area contributed by atoms with Crippen molar-refractivity contribution < 1.29 is 23.0 Å². The van der Waals surface area contributed by atoms with E-state index in [0.717, 1.165) is 38.5 Å². The van der Waals surface area contributed by atoms with Crippen LogP contribution >= 0.6 is 0 Å². The van der Waals surface area contributed by atoms with Crippen LogP contribution in [0.5, 0.6) is 11.9 Å². The van der Waals surface area contributed by atoms with Gasteiger partial charge in [-0.25, -0.2) is 13.8 Å². The molecule has 11 heteroatoms. The fourth-order valence-electron chi connectivity index (χ4n) is 6.04. The summed E-state index contributed by atoms with van der Waals surface area (Å²) in [5.41, 5.74) is 7.60. The molecule has 3 aliphatic rings. The number of halogens is 2. The van der Waals surface area contributed by atoms with Gasteiger partial charge in [0.15, 0.2) is 5.82 Å². The Morgan fingerprint density at radius 2 is 1.62 bits per heavy atom. The number of aromatic nitrogens is 3. The number of nitrogen functional groups attached to an aromatic ring is 1. The average Bonchev–Trinajstić information content (AvgIpc) is 3.95. The molecule has 1 aliphatic carbocycles. The predicted octanol–water partition coefficient (Wildman–Crippen LogP) is 9.55. The van der Waals surface area contributed by atoms with E-state index in [1.54, 1.807) is 6.92 Å². The molecule has 1 aromatic carbocycles. The molecule has 1 saturated carbocycles. The molecular weight excluding hydrogens is 638 g/mol. The lowest BCUT2D eigenvalue weighted by Crippen LogP contribution is -2.35. The van der Waals surface area contributed by atoms with Crippen LogP contribution in [0.4, 0.5) is 20.3 Å². The van der Waals surface area contributed by atoms with E-state index in [1.165, 1.54) is 45.3 Å². The number of ether oxygens (including phenoxy) is 3. The van der Waals surface area contributed by atoms with Gasteiger partial charge in [-0.05, 0) is 75.6 Å². The van der Waals surface area contributed by atoms with Crippen LogP contribution in [0.25, 0.3) is 22.2 Å². The molecule has 0 bridgehead atoms. The van der Waals surface area contributed by atoms with E-state index < -0.39 is 11.6 Å². The minimum Gasteiger partial charge on any atom is -0.473 e. The van der Waals surface area contributed by atoms with Gasteiger partial charge < -0.3 is 30.2 Å². The minimum absolute atomic E-state index is 0.0120. The number of hydrogen-bond donors (Lipinski definition) is 2. The first-order valence-electron chi connectivity index (χ1n) is 18.9. The molecule has 4 heterocycles. The Labute approximate surface area is 300 Å². The predicted molar refractivity (Wildman–Crippen MR) is 204 cm³/mol. The van der Waals surface area contributed by atoms with Gasteiger partial charge in [0.2, 0.25) is 5.88 Å². The first-order chi connectivity index (χ1) is 24.2. The topological polar surface area (TPSA) is 108 Å². The number of nitrogens with two attached hydrogens (primary N) is 1. The summed E-state index contributed by atoms with van der Waals surface area (Å²) in [6.45, 7) is 21.9. The number of rotatable bonds is 3. The van der Waals surface area contributed by atoms with Gasteiger partial charge in [-0.1, -0.05) is 67.7 Å². The van der Waals surface area contributed by atoms with E-state index in [9.17, 15) is 4.39 Å². The summed E-state index contributed by atoms with van der Waals surface area (Å²) in [5, 5.41) is 3.58. The number of methoxy groups -OCH3 is 1. The van der Waals surface area contributed by atoms with Crippen molar-refractivity contribution in [2.75, 3.05) is 58.1 Å². The molecule has 6 rings (SSSR count). The molecule has 2 unspecified atom stereocenters. The van der Waals surface area contributed by atoms with Gasteiger partial charge in [0.1, 0.15) is 34.3 Å². The third-order valence-corrected chi connectivity index (χ3v) is 8.56. The zero-order chi connectivity index (χ0) is 37.4. The highest BCUT2D eigenvalue weighted by Gasteiger charge is 2.32. The molecule has 3 N–H and O–H groups in total. The molecule has 2 atom stereocenters. The second kappa shape index (κ2) is 21.8. The summed E-state index contributed by atoms with van der Waals surface area (Å²) >= 11 is 0. The van der Waals surface area contributed by atoms with Crippen molar-refractivity contribution in [3.63, 3.8) is 0 Å². The molecule has 0 spiro atoms. The van der Waals surface area contributed by atoms with Crippen LogP contribution < -0.4 is 20.5 Å². The van der Waals surface area contributed by atoms with Gasteiger partial charge in [0.25, 0.3) is 0 Å². The molecule has 2 aromatic heterocycles. The van der Waals surface area contributed by atoms with Gasteiger partial charge in [0.05, 0.1) is 12.8 Å². The largest absolute Gasteiger partial charge is 0.473 e. The lowest BCUT2D eigenvalue weighted by atomic mass is 9.94. The number of pyridine rings is 1. The maximum Gasteiger partial charge on any atom is 0.318 e. The molecule has 2 fully saturated rings. The number of benzene rings is 1. The van der Waals surface area contributed by atoms with E-state index >= 15 is 4.39 Å². The smallest absolute Gasteiger partial charge is 0.318 e. The van der Waals surface area contributed by atoms with Crippen LogP contribution in [0, 0.1) is 24.5 Å². The molecule has 2 aliphatic heterocycles. The molecule has 1 saturated heterocycles. The summed E-state index contributed by atoms with van der Waals surface area (Å²) in [4.78, 5) is 15.4. The fraction of sp³-hybridized carbons (Fsp3) is 0.667. The third kappa shape index (κ3) is 11.4. The lowest BCUT2D eigenvalue weighted by molar-refractivity contribution is 0.104. The summed E-state index contributed by atoms with van der Waals surface area (Å²) < 4.78 is 47.9. The Kier molecular flexibility index (Phi) is 18.7. The van der Waals surface area contributed by atoms with E-state index in [4.69, 9.17) is 19.9 Å². The van der Waals surface area contributed by atoms with Crippen LogP contribution in [0.3, 0.4) is 0 Å². The number of likely N-dealkylation sites (N-methyl/N-ethyl adjacent to an activating group) is 1. The summed E-state index contributed by atoms with van der Waals surface area (Å²) in [6.07, 6.45) is 8.35. The Bertz CT molecular complexity index is 1460. The quantitative estimate of drug-likeness (QED) is 0.258. The van der Waals surface area contributed by atoms with Crippen molar-refractivity contribution in [1.29, 1.82) is 0 Å². The standard InChI is InChI=1S/C24H28F2N6O2.C9H18O.3C2H6/c1-11-10-32(3)8-7-28-22-17-21(30-24(31-22)33-4)19(26)20(29-23(17)34-11)14-9-15(27)18(25)16(12(14)2)13-5-6-13;1-9-6-4-2-3-5-7-10-8-9;3*1-2/h9,11,13H,5-8,10,27H2,1-4H3,(H,28,30,31);9H,2-8H2,1H3;3*1-2H3. The van der Waals surface area contributed by atoms with Crippen molar-refractivity contribution in [3.8, 4) is 23.1 Å². The highest BCUT2D eigenvalue weighted by atomic mass is 19.1. The first kappa shape index (κ1) is 42.9. The molecule has 3 aromatic rings. The Morgan fingerprint density at radius 3 is 2.28 bits per heavy atom. The Balaban J connectivity index is 0.000000457. The van der Waals surface area contributed by atoms with Crippen LogP contribution in [0.1, 0.15) is 117 Å². The zero-order valence-electron chi connectivity index (χ0n) is 32.6. The van der Waals surface area contributed by atoms with Crippen LogP contribution in [-0.4, -0.2) is 73.0 Å². The van der Waals surface area contributed by atoms with E-state index in [1.807, 2.05) is 55.5 Å². The van der Waals surface area contributed by atoms with Crippen LogP contribution in [-0.2, 0) is 4.74 Å². The number of hydrogen-bond acceptors (Lipinski definition) is 9. The van der Waals surface area contributed by atoms with Crippen molar-refractivity contribution in [3.05, 3.63) is 28.8 Å². The summed E-state index contributed by atoms with van der Waals surface area (Å²) in [7, 11) is 3.42. The zero-order valence-corrected chi connectivity index (χ0v) is 32.6. The highest BCUT2D eigenvalue weighted by Crippen LogP contribution is 2.47. The van der Waals surface area contributed by atoms with Gasteiger partial charge in [-0.2, -0.15) is 9.97 Å². The second-order valence-electron chi connectivity index (χ2n) is 12.5. The summed E-state index contributed by atoms with van der Waals surface area (Å²) in [5.74, 6) is 0.367. The lowest BCUT2D eigenvalue weighted by Gasteiger charge is -2.25. The highest BCUT2D eigenvalue weighted by molar-refractivity contribution is 5.96. The second-order valence-corrected chi connectivity index (χ2v) is 12.5. The average molecular weight is 703 g/mol. The van der Waals surface area contributed by atoms with Gasteiger partial charge >= 0.3 is 6.01 Å². The van der Waals surface area contributed by atoms with Gasteiger partial charge in [-0.3, -0.25) is 0 Å². The van der Waals surface area contributed by atoms with Gasteiger partial charge in [0, 0.05) is 38.4 Å². The molecule has 50 heavy (non-hydrogen) atoms. The maximum absolute atomic E-state index is 16.1. The molecule has 0 amide bonds. The van der Waals surface area contributed by atoms with E-state index in [-0.39, 0.29) is 40.8 Å². The van der Waals surface area contributed by atoms with Crippen molar-refractivity contribution in [2.45, 2.75) is 119 Å². The van der Waals surface area contributed by atoms with E-state index in [0.29, 0.717) is 41.0 Å². The normalized spacial score (nSPS) is 19.3. The first-order valence-corrected chi connectivity index (χ1v) is 18.9. The number of nitrogens with zero attached hydrogens (tertiary/aromatic N) is 4. The Hall–Kier alpha value is -3.31. The molecule has 0 radical (unpaired) electrons. The fourth-order valence-corrected chi connectivity index (χ4v) is 6.04. The summed E-state index contributed by atoms with van der Waals surface area (Å²) in [6, 6.07) is 1.46. The van der Waals surface area contributed by atoms with Gasteiger partial charge in [-0.15, -0.1) is 0 Å². The molecular formula is C39H64F2N6O3. The van der Waals surface area contributed by atoms with Crippen LogP contribution in [0.2, 0.25) is 0 Å².